The van der Waals surface area contributed by atoms with Crippen molar-refractivity contribution in [2.24, 2.45) is 0 Å². The highest BCUT2D eigenvalue weighted by molar-refractivity contribution is 6.04. The molecular formula is C25H26F2N6O2. The van der Waals surface area contributed by atoms with Crippen molar-refractivity contribution in [1.29, 1.82) is 0 Å². The summed E-state index contributed by atoms with van der Waals surface area (Å²) in [6.45, 7) is 7.88. The normalized spacial score (nSPS) is 11.7. The first-order valence-electron chi connectivity index (χ1n) is 11.1. The monoisotopic (exact) mass is 480 g/mol. The lowest BCUT2D eigenvalue weighted by atomic mass is 9.93. The lowest BCUT2D eigenvalue weighted by Crippen LogP contribution is -2.13. The lowest BCUT2D eigenvalue weighted by Gasteiger charge is -2.12. The molecule has 1 amide bonds. The fourth-order valence-corrected chi connectivity index (χ4v) is 3.43. The molecule has 0 spiro atoms. The van der Waals surface area contributed by atoms with Gasteiger partial charge in [-0.1, -0.05) is 37.2 Å². The molecule has 0 saturated carbocycles. The van der Waals surface area contributed by atoms with Gasteiger partial charge in [-0.05, 0) is 42.7 Å². The first-order valence-corrected chi connectivity index (χ1v) is 11.1. The molecule has 10 heteroatoms. The van der Waals surface area contributed by atoms with Crippen molar-refractivity contribution >= 4 is 11.7 Å². The number of carbonyl (C=O) groups excluding carboxylic acids is 1. The Bertz CT molecular complexity index is 1340. The van der Waals surface area contributed by atoms with Gasteiger partial charge in [-0.25, -0.2) is 13.5 Å². The number of aryl methyl sites for hydroxylation is 2. The molecule has 35 heavy (non-hydrogen) atoms. The highest BCUT2D eigenvalue weighted by Gasteiger charge is 2.21. The van der Waals surface area contributed by atoms with E-state index < -0.39 is 6.43 Å². The fraction of sp³-hybridized carbons (Fsp3) is 0.320. The summed E-state index contributed by atoms with van der Waals surface area (Å²) in [5.41, 5.74) is 3.67. The fourth-order valence-electron chi connectivity index (χ4n) is 3.43. The number of carbonyl (C=O) groups is 1. The smallest absolute Gasteiger partial charge is 0.256 e. The second kappa shape index (κ2) is 9.73. The van der Waals surface area contributed by atoms with Crippen LogP contribution >= 0.6 is 0 Å². The van der Waals surface area contributed by atoms with E-state index in [1.54, 1.807) is 47.5 Å². The maximum Gasteiger partial charge on any atom is 0.256 e. The molecule has 0 bridgehead atoms. The molecule has 1 aromatic carbocycles. The Labute approximate surface area is 201 Å². The number of anilines is 1. The number of pyridine rings is 1. The summed E-state index contributed by atoms with van der Waals surface area (Å²) in [7, 11) is 0. The van der Waals surface area contributed by atoms with Crippen LogP contribution in [0.15, 0.2) is 53.4 Å². The largest absolute Gasteiger partial charge is 0.359 e. The van der Waals surface area contributed by atoms with Crippen LogP contribution in [0.1, 0.15) is 54.4 Å². The number of aromatic nitrogens is 5. The van der Waals surface area contributed by atoms with E-state index in [0.717, 1.165) is 5.56 Å². The molecule has 4 rings (SSSR count). The van der Waals surface area contributed by atoms with E-state index in [1.165, 1.54) is 0 Å². The highest BCUT2D eigenvalue weighted by atomic mass is 19.3. The van der Waals surface area contributed by atoms with Crippen molar-refractivity contribution in [3.63, 3.8) is 0 Å². The molecule has 0 unspecified atom stereocenters. The van der Waals surface area contributed by atoms with Gasteiger partial charge in [0.15, 0.2) is 5.82 Å². The van der Waals surface area contributed by atoms with Crippen LogP contribution in [0.4, 0.5) is 14.6 Å². The zero-order chi connectivity index (χ0) is 25.2. The highest BCUT2D eigenvalue weighted by Crippen LogP contribution is 2.25. The summed E-state index contributed by atoms with van der Waals surface area (Å²) in [5.74, 6) is 0.667. The molecule has 0 aliphatic carbocycles. The minimum Gasteiger partial charge on any atom is -0.359 e. The molecule has 0 aliphatic rings. The van der Waals surface area contributed by atoms with Gasteiger partial charge in [0, 0.05) is 41.4 Å². The van der Waals surface area contributed by atoms with E-state index in [2.05, 4.69) is 25.8 Å². The Morgan fingerprint density at radius 2 is 1.97 bits per heavy atom. The van der Waals surface area contributed by atoms with Gasteiger partial charge in [-0.15, -0.1) is 5.10 Å². The summed E-state index contributed by atoms with van der Waals surface area (Å²) in [4.78, 5) is 17.0. The van der Waals surface area contributed by atoms with Crippen LogP contribution in [0.5, 0.6) is 0 Å². The molecule has 4 aromatic rings. The summed E-state index contributed by atoms with van der Waals surface area (Å²) in [5, 5.41) is 15.1. The zero-order valence-electron chi connectivity index (χ0n) is 19.9. The molecule has 8 nitrogen and oxygen atoms in total. The van der Waals surface area contributed by atoms with Gasteiger partial charge >= 0.3 is 0 Å². The lowest BCUT2D eigenvalue weighted by molar-refractivity contribution is 0.102. The Balaban J connectivity index is 1.54. The number of alkyl halides is 2. The minimum atomic E-state index is -2.36. The van der Waals surface area contributed by atoms with Crippen molar-refractivity contribution in [3.8, 4) is 16.9 Å². The summed E-state index contributed by atoms with van der Waals surface area (Å²) in [6, 6.07) is 8.74. The Morgan fingerprint density at radius 3 is 2.69 bits per heavy atom. The maximum absolute atomic E-state index is 12.8. The van der Waals surface area contributed by atoms with Crippen molar-refractivity contribution < 1.29 is 18.1 Å². The van der Waals surface area contributed by atoms with Gasteiger partial charge < -0.3 is 9.84 Å². The number of hydrogen-bond donors (Lipinski definition) is 1. The molecule has 0 saturated heterocycles. The van der Waals surface area contributed by atoms with Gasteiger partial charge in [-0.3, -0.25) is 9.78 Å². The SMILES string of the molecule is Cc1ccc(C(=O)Nc2cc(C(C)(C)C)on2)cc1-n1cc(-c2cncc(CCC(F)F)c2)nn1. The summed E-state index contributed by atoms with van der Waals surface area (Å²) >= 11 is 0. The van der Waals surface area contributed by atoms with Gasteiger partial charge in [-0.2, -0.15) is 0 Å². The van der Waals surface area contributed by atoms with Crippen molar-refractivity contribution in [3.05, 3.63) is 71.4 Å². The third kappa shape index (κ3) is 5.76. The number of benzene rings is 1. The molecule has 0 atom stereocenters. The van der Waals surface area contributed by atoms with E-state index in [4.69, 9.17) is 4.52 Å². The average Bonchev–Trinajstić information content (AvgIpc) is 3.48. The Hall–Kier alpha value is -3.95. The predicted octanol–water partition coefficient (Wildman–Crippen LogP) is 5.37. The molecule has 1 N–H and O–H groups in total. The van der Waals surface area contributed by atoms with Crippen LogP contribution in [-0.2, 0) is 11.8 Å². The average molecular weight is 481 g/mol. The van der Waals surface area contributed by atoms with Crippen LogP contribution in [0.3, 0.4) is 0 Å². The first-order chi connectivity index (χ1) is 16.6. The Kier molecular flexibility index (Phi) is 6.72. The third-order valence-electron chi connectivity index (χ3n) is 5.44. The molecular weight excluding hydrogens is 454 g/mol. The predicted molar refractivity (Wildman–Crippen MR) is 127 cm³/mol. The van der Waals surface area contributed by atoms with E-state index in [0.29, 0.717) is 39.6 Å². The quantitative estimate of drug-likeness (QED) is 0.382. The second-order valence-corrected chi connectivity index (χ2v) is 9.34. The van der Waals surface area contributed by atoms with Gasteiger partial charge in [0.25, 0.3) is 5.91 Å². The van der Waals surface area contributed by atoms with Crippen LogP contribution in [0, 0.1) is 6.92 Å². The van der Waals surface area contributed by atoms with E-state index in [-0.39, 0.29) is 24.2 Å². The maximum atomic E-state index is 12.8. The first kappa shape index (κ1) is 24.2. The summed E-state index contributed by atoms with van der Waals surface area (Å²) in [6.07, 6.45) is 2.54. The van der Waals surface area contributed by atoms with Gasteiger partial charge in [0.05, 0.1) is 11.9 Å². The molecule has 0 radical (unpaired) electrons. The number of nitrogens with zero attached hydrogens (tertiary/aromatic N) is 5. The number of amides is 1. The van der Waals surface area contributed by atoms with Crippen molar-refractivity contribution in [2.45, 2.75) is 52.4 Å². The van der Waals surface area contributed by atoms with Crippen LogP contribution in [-0.4, -0.2) is 37.5 Å². The number of halogens is 2. The van der Waals surface area contributed by atoms with Crippen LogP contribution in [0.25, 0.3) is 16.9 Å². The number of nitrogens with one attached hydrogen (secondary N) is 1. The third-order valence-corrected chi connectivity index (χ3v) is 5.44. The van der Waals surface area contributed by atoms with Crippen molar-refractivity contribution in [1.82, 2.24) is 25.1 Å². The number of rotatable bonds is 7. The summed E-state index contributed by atoms with van der Waals surface area (Å²) < 4.78 is 32.0. The molecule has 182 valence electrons. The minimum absolute atomic E-state index is 0.224. The zero-order valence-corrected chi connectivity index (χ0v) is 19.9. The van der Waals surface area contributed by atoms with Crippen LogP contribution in [0.2, 0.25) is 0 Å². The van der Waals surface area contributed by atoms with Crippen molar-refractivity contribution in [2.75, 3.05) is 5.32 Å². The van der Waals surface area contributed by atoms with E-state index in [1.807, 2.05) is 33.8 Å². The van der Waals surface area contributed by atoms with E-state index >= 15 is 0 Å². The standard InChI is InChI=1S/C25H26F2N6O2/c1-15-5-7-17(24(34)29-23-11-21(35-31-23)25(2,3)4)10-20(15)33-14-19(30-32-33)18-9-16(12-28-13-18)6-8-22(26)27/h5,7,9-14,22H,6,8H2,1-4H3,(H,29,31,34). The van der Waals surface area contributed by atoms with Gasteiger partial charge in [0.2, 0.25) is 6.43 Å². The topological polar surface area (TPSA) is 98.7 Å². The van der Waals surface area contributed by atoms with Gasteiger partial charge in [0.1, 0.15) is 11.5 Å². The Morgan fingerprint density at radius 1 is 1.17 bits per heavy atom. The van der Waals surface area contributed by atoms with E-state index in [9.17, 15) is 13.6 Å². The second-order valence-electron chi connectivity index (χ2n) is 9.34. The number of hydrogen-bond acceptors (Lipinski definition) is 6. The molecule has 0 aliphatic heterocycles. The molecule has 3 aromatic heterocycles. The van der Waals surface area contributed by atoms with Crippen LogP contribution < -0.4 is 5.32 Å². The molecule has 0 fully saturated rings. The molecule has 3 heterocycles.